The van der Waals surface area contributed by atoms with E-state index in [2.05, 4.69) is 64.0 Å². The monoisotopic (exact) mass is 472 g/mol. The van der Waals surface area contributed by atoms with Crippen molar-refractivity contribution in [2.24, 2.45) is 5.92 Å². The summed E-state index contributed by atoms with van der Waals surface area (Å²) in [5.41, 5.74) is 5.63. The van der Waals surface area contributed by atoms with Gasteiger partial charge in [-0.2, -0.15) is 0 Å². The largest absolute Gasteiger partial charge is 0.384 e. The fourth-order valence-electron chi connectivity index (χ4n) is 4.05. The summed E-state index contributed by atoms with van der Waals surface area (Å²) in [5.74, 6) is 0.604. The molecular weight excluding hydrogens is 436 g/mol. The van der Waals surface area contributed by atoms with Gasteiger partial charge in [0.25, 0.3) is 0 Å². The van der Waals surface area contributed by atoms with Crippen molar-refractivity contribution >= 4 is 34.7 Å². The Morgan fingerprint density at radius 3 is 2.69 bits per heavy atom. The van der Waals surface area contributed by atoms with Crippen LogP contribution in [0.2, 0.25) is 5.02 Å². The number of pyridine rings is 1. The van der Waals surface area contributed by atoms with E-state index in [1.165, 1.54) is 31.5 Å². The summed E-state index contributed by atoms with van der Waals surface area (Å²) >= 11 is 8.43. The lowest BCUT2D eigenvalue weighted by atomic mass is 10.1. The minimum Gasteiger partial charge on any atom is -0.384 e. The van der Waals surface area contributed by atoms with Crippen molar-refractivity contribution < 1.29 is 0 Å². The number of nitrogens with zero attached hydrogens (tertiary/aromatic N) is 2. The van der Waals surface area contributed by atoms with Crippen molar-refractivity contribution in [2.75, 3.05) is 31.5 Å². The Bertz CT molecular complexity index is 893. The standard InChI is InChI=1S/C24H31ClN4S.C2H6/c1-17(2)13-20-14-18(7-8-26-20)24-28-23(16-30-24)21-6-5-19(15-22(21)25)27-9-12-29-10-3-4-11-29;1-2/h5-8,14-17,24,27-28H,3-4,9-13H2,1-2H3;1-2H3. The van der Waals surface area contributed by atoms with Gasteiger partial charge in [-0.1, -0.05) is 39.3 Å². The van der Waals surface area contributed by atoms with Crippen LogP contribution in [-0.2, 0) is 6.42 Å². The lowest BCUT2D eigenvalue weighted by Crippen LogP contribution is -2.25. The van der Waals surface area contributed by atoms with Crippen molar-refractivity contribution in [3.8, 4) is 0 Å². The van der Waals surface area contributed by atoms with Crippen LogP contribution in [0.3, 0.4) is 0 Å². The summed E-state index contributed by atoms with van der Waals surface area (Å²) < 4.78 is 0. The first-order chi connectivity index (χ1) is 15.6. The number of aromatic nitrogens is 1. The van der Waals surface area contributed by atoms with Gasteiger partial charge in [0.15, 0.2) is 0 Å². The molecule has 1 aromatic carbocycles. The summed E-state index contributed by atoms with van der Waals surface area (Å²) in [6, 6.07) is 10.6. The number of hydrogen-bond acceptors (Lipinski definition) is 5. The van der Waals surface area contributed by atoms with Gasteiger partial charge in [0.1, 0.15) is 5.37 Å². The van der Waals surface area contributed by atoms with E-state index in [9.17, 15) is 0 Å². The van der Waals surface area contributed by atoms with Crippen LogP contribution in [0.4, 0.5) is 5.69 Å². The summed E-state index contributed by atoms with van der Waals surface area (Å²) in [6.07, 6.45) is 5.59. The van der Waals surface area contributed by atoms with Crippen LogP contribution in [0.25, 0.3) is 5.70 Å². The SMILES string of the molecule is CC.CC(C)Cc1cc(C2NC(c3ccc(NCCN4CCCC4)cc3Cl)=CS2)ccn1. The van der Waals surface area contributed by atoms with Gasteiger partial charge in [-0.3, -0.25) is 4.98 Å². The van der Waals surface area contributed by atoms with Crippen molar-refractivity contribution in [3.63, 3.8) is 0 Å². The zero-order valence-corrected chi connectivity index (χ0v) is 21.4. The van der Waals surface area contributed by atoms with Gasteiger partial charge in [-0.15, -0.1) is 11.8 Å². The van der Waals surface area contributed by atoms with Crippen molar-refractivity contribution in [3.05, 3.63) is 63.8 Å². The third kappa shape index (κ3) is 6.90. The van der Waals surface area contributed by atoms with E-state index in [-0.39, 0.29) is 5.37 Å². The topological polar surface area (TPSA) is 40.2 Å². The molecule has 1 aromatic heterocycles. The average Bonchev–Trinajstić information content (AvgIpc) is 3.47. The number of thioether (sulfide) groups is 1. The smallest absolute Gasteiger partial charge is 0.102 e. The van der Waals surface area contributed by atoms with Crippen LogP contribution in [0.15, 0.2) is 41.9 Å². The number of hydrogen-bond donors (Lipinski definition) is 2. The predicted octanol–water partition coefficient (Wildman–Crippen LogP) is 6.80. The normalized spacial score (nSPS) is 18.2. The summed E-state index contributed by atoms with van der Waals surface area (Å²) in [7, 11) is 0. The van der Waals surface area contributed by atoms with Crippen LogP contribution >= 0.6 is 23.4 Å². The van der Waals surface area contributed by atoms with E-state index in [4.69, 9.17) is 11.6 Å². The van der Waals surface area contributed by atoms with Crippen molar-refractivity contribution in [1.82, 2.24) is 15.2 Å². The zero-order chi connectivity index (χ0) is 22.9. The molecule has 4 nitrogen and oxygen atoms in total. The van der Waals surface area contributed by atoms with Gasteiger partial charge in [0.05, 0.1) is 10.7 Å². The second kappa shape index (κ2) is 12.5. The Hall–Kier alpha value is -1.69. The molecule has 2 aromatic rings. The van der Waals surface area contributed by atoms with Crippen LogP contribution < -0.4 is 10.6 Å². The van der Waals surface area contributed by atoms with Gasteiger partial charge in [0, 0.05) is 36.2 Å². The summed E-state index contributed by atoms with van der Waals surface area (Å²) in [5, 5.41) is 10.3. The highest BCUT2D eigenvalue weighted by atomic mass is 35.5. The first kappa shape index (κ1) is 24.9. The molecule has 1 unspecified atom stereocenters. The number of rotatable bonds is 8. The molecule has 1 fully saturated rings. The van der Waals surface area contributed by atoms with Gasteiger partial charge in [-0.05, 0) is 79.6 Å². The summed E-state index contributed by atoms with van der Waals surface area (Å²) in [4.78, 5) is 7.03. The molecule has 0 spiro atoms. The van der Waals surface area contributed by atoms with E-state index in [0.717, 1.165) is 47.2 Å². The molecule has 4 rings (SSSR count). The molecular formula is C26H37ClN4S. The molecule has 32 heavy (non-hydrogen) atoms. The zero-order valence-electron chi connectivity index (χ0n) is 19.8. The molecule has 0 bridgehead atoms. The van der Waals surface area contributed by atoms with Gasteiger partial charge >= 0.3 is 0 Å². The van der Waals surface area contributed by atoms with Gasteiger partial charge in [0.2, 0.25) is 0 Å². The third-order valence-corrected chi connectivity index (χ3v) is 6.93. The minimum absolute atomic E-state index is 0.197. The maximum absolute atomic E-state index is 6.64. The molecule has 0 aliphatic carbocycles. The van der Waals surface area contributed by atoms with E-state index in [1.54, 1.807) is 11.8 Å². The summed E-state index contributed by atoms with van der Waals surface area (Å²) in [6.45, 7) is 13.0. The Morgan fingerprint density at radius 1 is 1.19 bits per heavy atom. The van der Waals surface area contributed by atoms with E-state index in [0.29, 0.717) is 5.92 Å². The Labute approximate surface area is 203 Å². The maximum Gasteiger partial charge on any atom is 0.102 e. The van der Waals surface area contributed by atoms with Crippen LogP contribution in [0, 0.1) is 5.92 Å². The fourth-order valence-corrected chi connectivity index (χ4v) is 5.29. The fraction of sp³-hybridized carbons (Fsp3) is 0.500. The second-order valence-electron chi connectivity index (χ2n) is 8.54. The lowest BCUT2D eigenvalue weighted by Gasteiger charge is -2.17. The van der Waals surface area contributed by atoms with E-state index < -0.39 is 0 Å². The number of likely N-dealkylation sites (tertiary alicyclic amines) is 1. The molecule has 2 aliphatic rings. The molecule has 2 N–H and O–H groups in total. The van der Waals surface area contributed by atoms with Crippen molar-refractivity contribution in [1.29, 1.82) is 0 Å². The number of halogens is 1. The van der Waals surface area contributed by atoms with Crippen molar-refractivity contribution in [2.45, 2.75) is 52.3 Å². The molecule has 0 radical (unpaired) electrons. The molecule has 0 saturated carbocycles. The predicted molar refractivity (Wildman–Crippen MR) is 141 cm³/mol. The minimum atomic E-state index is 0.197. The Balaban J connectivity index is 0.00000141. The van der Waals surface area contributed by atoms with Crippen LogP contribution in [0.5, 0.6) is 0 Å². The molecule has 1 atom stereocenters. The maximum atomic E-state index is 6.64. The highest BCUT2D eigenvalue weighted by Gasteiger charge is 2.21. The highest BCUT2D eigenvalue weighted by molar-refractivity contribution is 8.02. The van der Waals surface area contributed by atoms with Crippen LogP contribution in [-0.4, -0.2) is 36.1 Å². The first-order valence-corrected chi connectivity index (χ1v) is 13.2. The molecule has 6 heteroatoms. The number of benzene rings is 1. The number of nitrogens with one attached hydrogen (secondary N) is 2. The molecule has 174 valence electrons. The average molecular weight is 473 g/mol. The second-order valence-corrected chi connectivity index (χ2v) is 9.93. The lowest BCUT2D eigenvalue weighted by molar-refractivity contribution is 0.352. The Kier molecular flexibility index (Phi) is 9.76. The molecule has 0 amide bonds. The Morgan fingerprint density at radius 2 is 1.97 bits per heavy atom. The molecule has 3 heterocycles. The molecule has 2 aliphatic heterocycles. The first-order valence-electron chi connectivity index (χ1n) is 11.9. The molecule has 1 saturated heterocycles. The van der Waals surface area contributed by atoms with E-state index in [1.807, 2.05) is 26.1 Å². The number of anilines is 1. The highest BCUT2D eigenvalue weighted by Crippen LogP contribution is 2.39. The van der Waals surface area contributed by atoms with Gasteiger partial charge < -0.3 is 15.5 Å². The third-order valence-electron chi connectivity index (χ3n) is 5.58. The van der Waals surface area contributed by atoms with E-state index >= 15 is 0 Å². The quantitative estimate of drug-likeness (QED) is 0.442. The van der Waals surface area contributed by atoms with Crippen LogP contribution in [0.1, 0.15) is 62.7 Å². The van der Waals surface area contributed by atoms with Gasteiger partial charge in [-0.25, -0.2) is 0 Å².